The van der Waals surface area contributed by atoms with Crippen LogP contribution in [0.15, 0.2) is 30.6 Å². The molecule has 0 fully saturated rings. The number of aromatic nitrogens is 2. The third-order valence-electron chi connectivity index (χ3n) is 1.93. The molecule has 0 aliphatic heterocycles. The van der Waals surface area contributed by atoms with Gasteiger partial charge >= 0.3 is 0 Å². The number of hydrogen-bond donors (Lipinski definition) is 1. The summed E-state index contributed by atoms with van der Waals surface area (Å²) in [6.45, 7) is 0. The fourth-order valence-corrected chi connectivity index (χ4v) is 2.11. The van der Waals surface area contributed by atoms with Crippen molar-refractivity contribution in [3.8, 4) is 16.5 Å². The fourth-order valence-electron chi connectivity index (χ4n) is 1.29. The Morgan fingerprint density at radius 3 is 2.81 bits per heavy atom. The van der Waals surface area contributed by atoms with Gasteiger partial charge in [-0.2, -0.15) is 5.26 Å². The second kappa shape index (κ2) is 4.55. The van der Waals surface area contributed by atoms with Crippen LogP contribution in [0.2, 0.25) is 0 Å². The lowest BCUT2D eigenvalue weighted by molar-refractivity contribution is 1.33. The van der Waals surface area contributed by atoms with Crippen molar-refractivity contribution in [2.24, 2.45) is 0 Å². The normalized spacial score (nSPS) is 10.4. The Kier molecular flexibility index (Phi) is 2.94. The standard InChI is InChI=1S/C11H8N4S/c12-5-1-2-9-10(16-11(13)15-9)8-3-6-14-7-4-8/h1-4,6-7H,(H2,13,15). The predicted molar refractivity (Wildman–Crippen MR) is 64.4 cm³/mol. The van der Waals surface area contributed by atoms with Crippen molar-refractivity contribution in [2.75, 3.05) is 5.73 Å². The summed E-state index contributed by atoms with van der Waals surface area (Å²) in [5, 5.41) is 8.98. The van der Waals surface area contributed by atoms with Crippen molar-refractivity contribution in [3.05, 3.63) is 36.3 Å². The Hall–Kier alpha value is -2.19. The smallest absolute Gasteiger partial charge is 0.181 e. The van der Waals surface area contributed by atoms with E-state index in [4.69, 9.17) is 11.0 Å². The van der Waals surface area contributed by atoms with Gasteiger partial charge in [-0.1, -0.05) is 11.3 Å². The third kappa shape index (κ3) is 2.07. The third-order valence-corrected chi connectivity index (χ3v) is 2.88. The van der Waals surface area contributed by atoms with E-state index >= 15 is 0 Å². The van der Waals surface area contributed by atoms with Gasteiger partial charge in [0.15, 0.2) is 5.13 Å². The Bertz CT molecular complexity index is 551. The molecule has 0 amide bonds. The van der Waals surface area contributed by atoms with Gasteiger partial charge in [-0.15, -0.1) is 0 Å². The molecule has 0 radical (unpaired) electrons. The highest BCUT2D eigenvalue weighted by Gasteiger charge is 2.08. The first-order valence-electron chi connectivity index (χ1n) is 4.54. The Labute approximate surface area is 96.7 Å². The zero-order valence-electron chi connectivity index (χ0n) is 8.29. The summed E-state index contributed by atoms with van der Waals surface area (Å²) in [7, 11) is 0. The minimum Gasteiger partial charge on any atom is -0.375 e. The van der Waals surface area contributed by atoms with Gasteiger partial charge in [-0.25, -0.2) is 4.98 Å². The number of nitrogens with two attached hydrogens (primary N) is 1. The Morgan fingerprint density at radius 1 is 1.38 bits per heavy atom. The van der Waals surface area contributed by atoms with Crippen LogP contribution < -0.4 is 5.73 Å². The van der Waals surface area contributed by atoms with E-state index in [9.17, 15) is 0 Å². The molecule has 2 N–H and O–H groups in total. The molecule has 5 heteroatoms. The van der Waals surface area contributed by atoms with Crippen LogP contribution in [-0.4, -0.2) is 9.97 Å². The molecule has 2 aromatic rings. The number of nitrogen functional groups attached to an aromatic ring is 1. The first-order chi connectivity index (χ1) is 7.81. The van der Waals surface area contributed by atoms with Crippen LogP contribution >= 0.6 is 11.3 Å². The molecule has 2 rings (SSSR count). The van der Waals surface area contributed by atoms with E-state index < -0.39 is 0 Å². The van der Waals surface area contributed by atoms with Crippen molar-refractivity contribution in [1.82, 2.24) is 9.97 Å². The molecule has 0 aliphatic rings. The van der Waals surface area contributed by atoms with Crippen LogP contribution in [0.25, 0.3) is 16.5 Å². The fraction of sp³-hybridized carbons (Fsp3) is 0. The minimum atomic E-state index is 0.490. The average Bonchev–Trinajstić information content (AvgIpc) is 2.69. The van der Waals surface area contributed by atoms with Crippen molar-refractivity contribution >= 4 is 22.5 Å². The van der Waals surface area contributed by atoms with Crippen LogP contribution in [0.3, 0.4) is 0 Å². The number of nitriles is 1. The zero-order valence-corrected chi connectivity index (χ0v) is 9.11. The average molecular weight is 228 g/mol. The summed E-state index contributed by atoms with van der Waals surface area (Å²) < 4.78 is 0. The maximum atomic E-state index is 8.49. The van der Waals surface area contributed by atoms with E-state index in [1.807, 2.05) is 18.2 Å². The molecule has 0 saturated carbocycles. The van der Waals surface area contributed by atoms with Crippen LogP contribution in [0.4, 0.5) is 5.13 Å². The van der Waals surface area contributed by atoms with Gasteiger partial charge in [0, 0.05) is 18.5 Å². The summed E-state index contributed by atoms with van der Waals surface area (Å²) in [4.78, 5) is 9.06. The lowest BCUT2D eigenvalue weighted by Crippen LogP contribution is -1.82. The SMILES string of the molecule is N#CC=Cc1nc(N)sc1-c1ccncc1. The van der Waals surface area contributed by atoms with Gasteiger partial charge in [-0.3, -0.25) is 4.98 Å². The molecule has 16 heavy (non-hydrogen) atoms. The van der Waals surface area contributed by atoms with Crippen LogP contribution in [0, 0.1) is 11.3 Å². The summed E-state index contributed by atoms with van der Waals surface area (Å²) in [5.41, 5.74) is 7.38. The number of allylic oxidation sites excluding steroid dienone is 1. The molecule has 0 atom stereocenters. The molecule has 0 saturated heterocycles. The lowest BCUT2D eigenvalue weighted by Gasteiger charge is -1.96. The van der Waals surface area contributed by atoms with Crippen molar-refractivity contribution in [1.29, 1.82) is 5.26 Å². The zero-order chi connectivity index (χ0) is 11.4. The molecule has 78 valence electrons. The monoisotopic (exact) mass is 228 g/mol. The summed E-state index contributed by atoms with van der Waals surface area (Å²) in [5.74, 6) is 0. The van der Waals surface area contributed by atoms with Gasteiger partial charge in [0.25, 0.3) is 0 Å². The minimum absolute atomic E-state index is 0.490. The summed E-state index contributed by atoms with van der Waals surface area (Å²) in [6.07, 6.45) is 6.47. The highest BCUT2D eigenvalue weighted by Crippen LogP contribution is 2.31. The summed E-state index contributed by atoms with van der Waals surface area (Å²) in [6, 6.07) is 5.71. The molecular formula is C11H8N4S. The highest BCUT2D eigenvalue weighted by molar-refractivity contribution is 7.19. The molecule has 0 aliphatic carbocycles. The van der Waals surface area contributed by atoms with Crippen molar-refractivity contribution in [2.45, 2.75) is 0 Å². The molecule has 4 nitrogen and oxygen atoms in total. The largest absolute Gasteiger partial charge is 0.375 e. The van der Waals surface area contributed by atoms with Gasteiger partial charge in [0.2, 0.25) is 0 Å². The molecular weight excluding hydrogens is 220 g/mol. The van der Waals surface area contributed by atoms with Crippen molar-refractivity contribution in [3.63, 3.8) is 0 Å². The van der Waals surface area contributed by atoms with Crippen LogP contribution in [0.1, 0.15) is 5.69 Å². The van der Waals surface area contributed by atoms with E-state index in [1.54, 1.807) is 18.5 Å². The Balaban J connectivity index is 2.49. The second-order valence-corrected chi connectivity index (χ2v) is 4.00. The van der Waals surface area contributed by atoms with Gasteiger partial charge in [0.05, 0.1) is 16.6 Å². The first-order valence-corrected chi connectivity index (χ1v) is 5.36. The number of hydrogen-bond acceptors (Lipinski definition) is 5. The van der Waals surface area contributed by atoms with E-state index in [-0.39, 0.29) is 0 Å². The van der Waals surface area contributed by atoms with E-state index in [0.29, 0.717) is 5.13 Å². The van der Waals surface area contributed by atoms with Gasteiger partial charge < -0.3 is 5.73 Å². The highest BCUT2D eigenvalue weighted by atomic mass is 32.1. The molecule has 0 unspecified atom stereocenters. The Morgan fingerprint density at radius 2 is 2.12 bits per heavy atom. The first kappa shape index (κ1) is 10.3. The van der Waals surface area contributed by atoms with E-state index in [1.165, 1.54) is 17.4 Å². The molecule has 0 spiro atoms. The maximum absolute atomic E-state index is 8.49. The van der Waals surface area contributed by atoms with E-state index in [0.717, 1.165) is 16.1 Å². The van der Waals surface area contributed by atoms with Crippen LogP contribution in [-0.2, 0) is 0 Å². The second-order valence-electron chi connectivity index (χ2n) is 2.96. The number of nitrogens with zero attached hydrogens (tertiary/aromatic N) is 3. The van der Waals surface area contributed by atoms with Gasteiger partial charge in [-0.05, 0) is 23.8 Å². The number of thiazole rings is 1. The lowest BCUT2D eigenvalue weighted by atomic mass is 10.2. The molecule has 0 bridgehead atoms. The van der Waals surface area contributed by atoms with Crippen LogP contribution in [0.5, 0.6) is 0 Å². The predicted octanol–water partition coefficient (Wildman–Crippen LogP) is 2.32. The quantitative estimate of drug-likeness (QED) is 0.800. The van der Waals surface area contributed by atoms with Crippen molar-refractivity contribution < 1.29 is 0 Å². The number of rotatable bonds is 2. The maximum Gasteiger partial charge on any atom is 0.181 e. The summed E-state index contributed by atoms with van der Waals surface area (Å²) >= 11 is 1.40. The molecule has 2 heterocycles. The number of pyridine rings is 1. The van der Waals surface area contributed by atoms with E-state index in [2.05, 4.69) is 9.97 Å². The molecule has 0 aromatic carbocycles. The number of anilines is 1. The van der Waals surface area contributed by atoms with Gasteiger partial charge in [0.1, 0.15) is 0 Å². The molecule has 2 aromatic heterocycles. The topological polar surface area (TPSA) is 75.6 Å².